The number of carbonyl (C=O) groups excluding carboxylic acids is 1. The number of ether oxygens (including phenoxy) is 1. The Hall–Kier alpha value is -1.65. The summed E-state index contributed by atoms with van der Waals surface area (Å²) in [6.07, 6.45) is 3.51. The Kier molecular flexibility index (Phi) is 4.12. The van der Waals surface area contributed by atoms with Crippen LogP contribution in [0, 0.1) is 5.92 Å². The third-order valence-electron chi connectivity index (χ3n) is 3.22. The number of hydrogen-bond acceptors (Lipinski definition) is 4. The van der Waals surface area contributed by atoms with E-state index in [2.05, 4.69) is 16.9 Å². The molecule has 1 aliphatic rings. The number of piperidine rings is 1. The molecule has 0 spiro atoms. The summed E-state index contributed by atoms with van der Waals surface area (Å²) in [5.74, 6) is 1.14. The molecule has 18 heavy (non-hydrogen) atoms. The average Bonchev–Trinajstić information content (AvgIpc) is 2.39. The van der Waals surface area contributed by atoms with Crippen molar-refractivity contribution in [3.63, 3.8) is 0 Å². The van der Waals surface area contributed by atoms with E-state index in [0.717, 1.165) is 25.9 Å². The maximum Gasteiger partial charge on any atom is 0.272 e. The predicted octanol–water partition coefficient (Wildman–Crippen LogP) is 1.75. The Morgan fingerprint density at radius 2 is 2.17 bits per heavy atom. The molecule has 1 aliphatic heterocycles. The molecule has 98 valence electrons. The normalized spacial score (nSPS) is 16.7. The van der Waals surface area contributed by atoms with Crippen LogP contribution in [0.15, 0.2) is 12.4 Å². The molecule has 2 rings (SSSR count). The standard InChI is InChI=1S/C13H19N3O2/c1-3-18-12-8-11(14-9-15-12)13(17)16-6-4-10(2)5-7-16/h8-10H,3-7H2,1-2H3. The summed E-state index contributed by atoms with van der Waals surface area (Å²) in [6.45, 7) is 6.27. The Morgan fingerprint density at radius 1 is 1.44 bits per heavy atom. The fraction of sp³-hybridized carbons (Fsp3) is 0.615. The summed E-state index contributed by atoms with van der Waals surface area (Å²) in [5, 5.41) is 0. The van der Waals surface area contributed by atoms with Crippen LogP contribution in [0.1, 0.15) is 37.2 Å². The van der Waals surface area contributed by atoms with E-state index in [1.54, 1.807) is 6.07 Å². The predicted molar refractivity (Wildman–Crippen MR) is 67.5 cm³/mol. The molecule has 0 N–H and O–H groups in total. The molecule has 0 aromatic carbocycles. The van der Waals surface area contributed by atoms with Crippen LogP contribution in [-0.4, -0.2) is 40.5 Å². The van der Waals surface area contributed by atoms with E-state index in [-0.39, 0.29) is 5.91 Å². The third kappa shape index (κ3) is 2.97. The lowest BCUT2D eigenvalue weighted by molar-refractivity contribution is 0.0690. The van der Waals surface area contributed by atoms with Gasteiger partial charge in [0.15, 0.2) is 0 Å². The zero-order chi connectivity index (χ0) is 13.0. The van der Waals surface area contributed by atoms with E-state index in [1.807, 2.05) is 11.8 Å². The quantitative estimate of drug-likeness (QED) is 0.819. The van der Waals surface area contributed by atoms with E-state index in [0.29, 0.717) is 24.1 Å². The van der Waals surface area contributed by atoms with Crippen molar-refractivity contribution < 1.29 is 9.53 Å². The number of nitrogens with zero attached hydrogens (tertiary/aromatic N) is 3. The fourth-order valence-electron chi connectivity index (χ4n) is 2.06. The fourth-order valence-corrected chi connectivity index (χ4v) is 2.06. The third-order valence-corrected chi connectivity index (χ3v) is 3.22. The Morgan fingerprint density at radius 3 is 2.83 bits per heavy atom. The summed E-state index contributed by atoms with van der Waals surface area (Å²) in [4.78, 5) is 22.1. The van der Waals surface area contributed by atoms with E-state index in [1.165, 1.54) is 6.33 Å². The second-order valence-electron chi connectivity index (χ2n) is 4.65. The molecule has 1 saturated heterocycles. The number of rotatable bonds is 3. The molecule has 0 saturated carbocycles. The van der Waals surface area contributed by atoms with Gasteiger partial charge in [0.25, 0.3) is 5.91 Å². The van der Waals surface area contributed by atoms with Crippen LogP contribution < -0.4 is 4.74 Å². The van der Waals surface area contributed by atoms with Crippen LogP contribution in [-0.2, 0) is 0 Å². The Balaban J connectivity index is 2.06. The van der Waals surface area contributed by atoms with Gasteiger partial charge in [-0.25, -0.2) is 9.97 Å². The van der Waals surface area contributed by atoms with Gasteiger partial charge in [0.1, 0.15) is 12.0 Å². The molecule has 0 atom stereocenters. The second kappa shape index (κ2) is 5.80. The number of amides is 1. The molecule has 5 heteroatoms. The van der Waals surface area contributed by atoms with E-state index < -0.39 is 0 Å². The van der Waals surface area contributed by atoms with Crippen LogP contribution >= 0.6 is 0 Å². The van der Waals surface area contributed by atoms with Gasteiger partial charge in [-0.3, -0.25) is 4.79 Å². The van der Waals surface area contributed by atoms with Crippen molar-refractivity contribution in [2.45, 2.75) is 26.7 Å². The molecule has 1 amide bonds. The smallest absolute Gasteiger partial charge is 0.272 e. The summed E-state index contributed by atoms with van der Waals surface area (Å²) < 4.78 is 5.28. The summed E-state index contributed by atoms with van der Waals surface area (Å²) in [5.41, 5.74) is 0.419. The van der Waals surface area contributed by atoms with Crippen LogP contribution in [0.25, 0.3) is 0 Å². The van der Waals surface area contributed by atoms with Crippen LogP contribution in [0.3, 0.4) is 0 Å². The Labute approximate surface area is 107 Å². The minimum Gasteiger partial charge on any atom is -0.478 e. The largest absolute Gasteiger partial charge is 0.478 e. The lowest BCUT2D eigenvalue weighted by Crippen LogP contribution is -2.38. The minimum atomic E-state index is -0.0229. The summed E-state index contributed by atoms with van der Waals surface area (Å²) in [6, 6.07) is 1.61. The number of likely N-dealkylation sites (tertiary alicyclic amines) is 1. The number of carbonyl (C=O) groups is 1. The van der Waals surface area contributed by atoms with Gasteiger partial charge in [0, 0.05) is 19.2 Å². The zero-order valence-electron chi connectivity index (χ0n) is 10.9. The van der Waals surface area contributed by atoms with Gasteiger partial charge in [-0.2, -0.15) is 0 Å². The van der Waals surface area contributed by atoms with Gasteiger partial charge in [-0.05, 0) is 25.7 Å². The van der Waals surface area contributed by atoms with Crippen molar-refractivity contribution in [3.05, 3.63) is 18.1 Å². The van der Waals surface area contributed by atoms with Gasteiger partial charge < -0.3 is 9.64 Å². The average molecular weight is 249 g/mol. The highest BCUT2D eigenvalue weighted by molar-refractivity contribution is 5.92. The van der Waals surface area contributed by atoms with Gasteiger partial charge in [-0.15, -0.1) is 0 Å². The second-order valence-corrected chi connectivity index (χ2v) is 4.65. The van der Waals surface area contributed by atoms with Crippen molar-refractivity contribution in [3.8, 4) is 5.88 Å². The molecule has 0 aliphatic carbocycles. The van der Waals surface area contributed by atoms with Gasteiger partial charge in [0.2, 0.25) is 5.88 Å². The van der Waals surface area contributed by atoms with Gasteiger partial charge >= 0.3 is 0 Å². The van der Waals surface area contributed by atoms with Crippen LogP contribution in [0.5, 0.6) is 5.88 Å². The van der Waals surface area contributed by atoms with Crippen molar-refractivity contribution in [1.29, 1.82) is 0 Å². The highest BCUT2D eigenvalue weighted by Crippen LogP contribution is 2.18. The first kappa shape index (κ1) is 12.8. The van der Waals surface area contributed by atoms with Crippen LogP contribution in [0.2, 0.25) is 0 Å². The monoisotopic (exact) mass is 249 g/mol. The first-order valence-corrected chi connectivity index (χ1v) is 6.44. The molecule has 1 fully saturated rings. The lowest BCUT2D eigenvalue weighted by atomic mass is 9.99. The molecule has 2 heterocycles. The maximum absolute atomic E-state index is 12.2. The molecule has 0 radical (unpaired) electrons. The molecule has 1 aromatic rings. The molecular formula is C13H19N3O2. The number of hydrogen-bond donors (Lipinski definition) is 0. The van der Waals surface area contributed by atoms with Crippen molar-refractivity contribution in [1.82, 2.24) is 14.9 Å². The highest BCUT2D eigenvalue weighted by atomic mass is 16.5. The SMILES string of the molecule is CCOc1cc(C(=O)N2CCC(C)CC2)ncn1. The van der Waals surface area contributed by atoms with E-state index >= 15 is 0 Å². The number of aromatic nitrogens is 2. The molecule has 0 bridgehead atoms. The van der Waals surface area contributed by atoms with Crippen molar-refractivity contribution >= 4 is 5.91 Å². The zero-order valence-corrected chi connectivity index (χ0v) is 10.9. The highest BCUT2D eigenvalue weighted by Gasteiger charge is 2.22. The lowest BCUT2D eigenvalue weighted by Gasteiger charge is -2.29. The Bertz CT molecular complexity index is 414. The van der Waals surface area contributed by atoms with Crippen LogP contribution in [0.4, 0.5) is 0 Å². The van der Waals surface area contributed by atoms with Gasteiger partial charge in [-0.1, -0.05) is 6.92 Å². The molecule has 0 unspecified atom stereocenters. The maximum atomic E-state index is 12.2. The van der Waals surface area contributed by atoms with Crippen molar-refractivity contribution in [2.24, 2.45) is 5.92 Å². The summed E-state index contributed by atoms with van der Waals surface area (Å²) >= 11 is 0. The summed E-state index contributed by atoms with van der Waals surface area (Å²) in [7, 11) is 0. The van der Waals surface area contributed by atoms with Crippen molar-refractivity contribution in [2.75, 3.05) is 19.7 Å². The molecule has 5 nitrogen and oxygen atoms in total. The molecule has 1 aromatic heterocycles. The first-order chi connectivity index (χ1) is 8.70. The minimum absolute atomic E-state index is 0.0229. The topological polar surface area (TPSA) is 55.3 Å². The van der Waals surface area contributed by atoms with Gasteiger partial charge in [0.05, 0.1) is 6.61 Å². The first-order valence-electron chi connectivity index (χ1n) is 6.44. The molecular weight excluding hydrogens is 230 g/mol. The van der Waals surface area contributed by atoms with E-state index in [9.17, 15) is 4.79 Å². The van der Waals surface area contributed by atoms with E-state index in [4.69, 9.17) is 4.74 Å².